The molecule has 0 aliphatic carbocycles. The van der Waals surface area contributed by atoms with E-state index in [2.05, 4.69) is 17.2 Å². The average Bonchev–Trinajstić information content (AvgIpc) is 2.58. The lowest BCUT2D eigenvalue weighted by atomic mass is 9.89. The van der Waals surface area contributed by atoms with Crippen molar-refractivity contribution in [3.8, 4) is 5.75 Å². The summed E-state index contributed by atoms with van der Waals surface area (Å²) in [6.45, 7) is 3.86. The number of rotatable bonds is 3. The van der Waals surface area contributed by atoms with E-state index in [0.717, 1.165) is 23.3 Å². The number of amidine groups is 1. The van der Waals surface area contributed by atoms with E-state index in [0.29, 0.717) is 16.4 Å². The van der Waals surface area contributed by atoms with E-state index >= 15 is 0 Å². The molecular weight excluding hydrogens is 334 g/mol. The van der Waals surface area contributed by atoms with E-state index in [1.54, 1.807) is 49.0 Å². The van der Waals surface area contributed by atoms with Crippen molar-refractivity contribution < 1.29 is 9.90 Å². The van der Waals surface area contributed by atoms with Gasteiger partial charge < -0.3 is 16.2 Å². The molecule has 0 fully saturated rings. The second-order valence-electron chi connectivity index (χ2n) is 6.36. The van der Waals surface area contributed by atoms with Crippen LogP contribution >= 0.6 is 11.8 Å². The summed E-state index contributed by atoms with van der Waals surface area (Å²) >= 11 is 1.57. The minimum Gasteiger partial charge on any atom is -0.508 e. The van der Waals surface area contributed by atoms with Gasteiger partial charge in [0.05, 0.1) is 5.54 Å². The van der Waals surface area contributed by atoms with E-state index in [1.807, 2.05) is 12.1 Å². The Hall–Kier alpha value is -2.47. The van der Waals surface area contributed by atoms with Gasteiger partial charge in [0, 0.05) is 23.1 Å². The summed E-state index contributed by atoms with van der Waals surface area (Å²) in [5.74, 6) is 0.874. The van der Waals surface area contributed by atoms with Gasteiger partial charge in [0.1, 0.15) is 5.75 Å². The smallest absolute Gasteiger partial charge is 0.255 e. The summed E-state index contributed by atoms with van der Waals surface area (Å²) in [6, 6.07) is 12.5. The second-order valence-corrected chi connectivity index (χ2v) is 7.47. The lowest BCUT2D eigenvalue weighted by Gasteiger charge is -2.29. The molecule has 1 atom stereocenters. The normalized spacial score (nSPS) is 20.0. The number of amides is 1. The zero-order chi connectivity index (χ0) is 18.0. The third kappa shape index (κ3) is 3.79. The summed E-state index contributed by atoms with van der Waals surface area (Å²) < 4.78 is 0. The first-order chi connectivity index (χ1) is 11.9. The van der Waals surface area contributed by atoms with Crippen LogP contribution in [0.15, 0.2) is 47.5 Å². The molecular formula is C19H21N3O2S. The van der Waals surface area contributed by atoms with Gasteiger partial charge in [0.15, 0.2) is 5.17 Å². The molecule has 2 aromatic carbocycles. The molecule has 4 N–H and O–H groups in total. The summed E-state index contributed by atoms with van der Waals surface area (Å²) in [5, 5.41) is 13.1. The van der Waals surface area contributed by atoms with Gasteiger partial charge in [-0.3, -0.25) is 9.79 Å². The minimum atomic E-state index is -0.340. The maximum atomic E-state index is 12.4. The lowest BCUT2D eigenvalue weighted by Crippen LogP contribution is -2.28. The first-order valence-electron chi connectivity index (χ1n) is 8.07. The molecule has 3 rings (SSSR count). The number of anilines is 1. The number of aliphatic imine (C=N–C) groups is 1. The molecule has 25 heavy (non-hydrogen) atoms. The van der Waals surface area contributed by atoms with Gasteiger partial charge in [-0.25, -0.2) is 0 Å². The number of carbonyl (C=O) groups is 1. The highest BCUT2D eigenvalue weighted by Gasteiger charge is 2.29. The van der Waals surface area contributed by atoms with Crippen LogP contribution in [0.5, 0.6) is 5.75 Å². The van der Waals surface area contributed by atoms with Crippen LogP contribution < -0.4 is 11.1 Å². The molecule has 6 heteroatoms. The van der Waals surface area contributed by atoms with Crippen LogP contribution in [-0.2, 0) is 5.54 Å². The van der Waals surface area contributed by atoms with E-state index in [1.165, 1.54) is 0 Å². The zero-order valence-electron chi connectivity index (χ0n) is 14.2. The molecule has 0 aromatic heterocycles. The summed E-state index contributed by atoms with van der Waals surface area (Å²) in [7, 11) is 0. The number of benzene rings is 2. The Kier molecular flexibility index (Phi) is 4.72. The average molecular weight is 355 g/mol. The van der Waals surface area contributed by atoms with Gasteiger partial charge in [-0.1, -0.05) is 30.0 Å². The van der Waals surface area contributed by atoms with Crippen LogP contribution in [0, 0.1) is 6.92 Å². The van der Waals surface area contributed by atoms with Crippen molar-refractivity contribution in [1.82, 2.24) is 0 Å². The lowest BCUT2D eigenvalue weighted by molar-refractivity contribution is 0.102. The molecule has 0 saturated heterocycles. The molecule has 1 amide bonds. The number of hydrogen-bond donors (Lipinski definition) is 3. The van der Waals surface area contributed by atoms with Crippen LogP contribution in [-0.4, -0.2) is 21.9 Å². The van der Waals surface area contributed by atoms with Gasteiger partial charge in [-0.05, 0) is 49.6 Å². The van der Waals surface area contributed by atoms with Crippen LogP contribution in [0.2, 0.25) is 0 Å². The maximum Gasteiger partial charge on any atom is 0.255 e. The van der Waals surface area contributed by atoms with Crippen LogP contribution in [0.25, 0.3) is 0 Å². The minimum absolute atomic E-state index is 0.159. The highest BCUT2D eigenvalue weighted by atomic mass is 32.2. The fourth-order valence-electron chi connectivity index (χ4n) is 2.77. The molecule has 5 nitrogen and oxygen atoms in total. The molecule has 0 saturated carbocycles. The fraction of sp³-hybridized carbons (Fsp3) is 0.263. The van der Waals surface area contributed by atoms with Gasteiger partial charge in [-0.15, -0.1) is 0 Å². The Bertz CT molecular complexity index is 833. The quantitative estimate of drug-likeness (QED) is 0.785. The Morgan fingerprint density at radius 2 is 2.00 bits per heavy atom. The number of nitrogens with one attached hydrogen (secondary N) is 1. The number of nitrogens with two attached hydrogens (primary N) is 1. The van der Waals surface area contributed by atoms with Crippen LogP contribution in [0.4, 0.5) is 5.69 Å². The molecule has 1 aliphatic rings. The number of carbonyl (C=O) groups excluding carboxylic acids is 1. The Labute approximate surface area is 151 Å². The standard InChI is InChI=1S/C19H21N3O2S/c1-12-3-8-15(11-16(12)23)21-17(24)13-4-6-14(7-5-13)19(2)9-10-25-18(20)22-19/h3-8,11,23H,9-10H2,1-2H3,(H2,20,22)(H,21,24). The number of phenolic OH excluding ortho intramolecular Hbond substituents is 1. The van der Waals surface area contributed by atoms with Gasteiger partial charge in [0.25, 0.3) is 5.91 Å². The number of hydrogen-bond acceptors (Lipinski definition) is 5. The third-order valence-corrected chi connectivity index (χ3v) is 5.23. The van der Waals surface area contributed by atoms with E-state index in [4.69, 9.17) is 5.73 Å². The van der Waals surface area contributed by atoms with E-state index in [9.17, 15) is 9.90 Å². The molecule has 1 heterocycles. The molecule has 2 aromatic rings. The summed E-state index contributed by atoms with van der Waals surface area (Å²) in [6.07, 6.45) is 0.909. The van der Waals surface area contributed by atoms with Crippen molar-refractivity contribution in [2.24, 2.45) is 10.7 Å². The molecule has 0 spiro atoms. The zero-order valence-corrected chi connectivity index (χ0v) is 15.1. The molecule has 1 unspecified atom stereocenters. The van der Waals surface area contributed by atoms with Crippen LogP contribution in [0.1, 0.15) is 34.8 Å². The predicted molar refractivity (Wildman–Crippen MR) is 103 cm³/mol. The Morgan fingerprint density at radius 3 is 2.64 bits per heavy atom. The molecule has 0 bridgehead atoms. The first kappa shape index (κ1) is 17.4. The van der Waals surface area contributed by atoms with Crippen molar-refractivity contribution in [3.63, 3.8) is 0 Å². The molecule has 130 valence electrons. The second kappa shape index (κ2) is 6.80. The van der Waals surface area contributed by atoms with Crippen LogP contribution in [0.3, 0.4) is 0 Å². The molecule has 1 aliphatic heterocycles. The van der Waals surface area contributed by atoms with E-state index < -0.39 is 0 Å². The van der Waals surface area contributed by atoms with Crippen molar-refractivity contribution in [2.45, 2.75) is 25.8 Å². The Balaban J connectivity index is 1.76. The monoisotopic (exact) mass is 355 g/mol. The highest BCUT2D eigenvalue weighted by molar-refractivity contribution is 8.13. The predicted octanol–water partition coefficient (Wildman–Crippen LogP) is 3.62. The number of aromatic hydroxyl groups is 1. The summed E-state index contributed by atoms with van der Waals surface area (Å²) in [5.41, 5.74) is 8.44. The van der Waals surface area contributed by atoms with Gasteiger partial charge in [-0.2, -0.15) is 0 Å². The SMILES string of the molecule is Cc1ccc(NC(=O)c2ccc(C3(C)CCSC(N)=N3)cc2)cc1O. The highest BCUT2D eigenvalue weighted by Crippen LogP contribution is 2.35. The van der Waals surface area contributed by atoms with Crippen molar-refractivity contribution >= 4 is 28.5 Å². The first-order valence-corrected chi connectivity index (χ1v) is 9.05. The maximum absolute atomic E-state index is 12.4. The molecule has 0 radical (unpaired) electrons. The summed E-state index contributed by atoms with van der Waals surface area (Å²) in [4.78, 5) is 17.0. The third-order valence-electron chi connectivity index (χ3n) is 4.43. The van der Waals surface area contributed by atoms with Gasteiger partial charge in [0.2, 0.25) is 0 Å². The van der Waals surface area contributed by atoms with Gasteiger partial charge >= 0.3 is 0 Å². The number of phenols is 1. The number of nitrogens with zero attached hydrogens (tertiary/aromatic N) is 1. The van der Waals surface area contributed by atoms with E-state index in [-0.39, 0.29) is 17.2 Å². The largest absolute Gasteiger partial charge is 0.508 e. The van der Waals surface area contributed by atoms with Crippen molar-refractivity contribution in [1.29, 1.82) is 0 Å². The number of aryl methyl sites for hydroxylation is 1. The fourth-order valence-corrected chi connectivity index (χ4v) is 3.74. The topological polar surface area (TPSA) is 87.7 Å². The number of thioether (sulfide) groups is 1. The Morgan fingerprint density at radius 1 is 1.28 bits per heavy atom. The van der Waals surface area contributed by atoms with Crippen molar-refractivity contribution in [3.05, 3.63) is 59.2 Å². The van der Waals surface area contributed by atoms with Crippen molar-refractivity contribution in [2.75, 3.05) is 11.1 Å².